The fourth-order valence-electron chi connectivity index (χ4n) is 2.15. The lowest BCUT2D eigenvalue weighted by Crippen LogP contribution is -2.05. The van der Waals surface area contributed by atoms with Crippen molar-refractivity contribution >= 4 is 26.8 Å². The fourth-order valence-corrected chi connectivity index (χ4v) is 2.51. The van der Waals surface area contributed by atoms with Crippen LogP contribution in [0.1, 0.15) is 0 Å². The number of fused-ring (bicyclic) bond motifs is 1. The third kappa shape index (κ3) is 2.91. The van der Waals surface area contributed by atoms with Crippen LogP contribution < -0.4 is 4.74 Å². The van der Waals surface area contributed by atoms with E-state index in [-0.39, 0.29) is 0 Å². The van der Waals surface area contributed by atoms with Gasteiger partial charge in [-0.15, -0.1) is 0 Å². The monoisotopic (exact) mass is 347 g/mol. The van der Waals surface area contributed by atoms with Gasteiger partial charge in [0.05, 0.1) is 12.8 Å². The van der Waals surface area contributed by atoms with Crippen LogP contribution in [0.3, 0.4) is 0 Å². The molecule has 5 nitrogen and oxygen atoms in total. The van der Waals surface area contributed by atoms with Crippen LogP contribution in [0, 0.1) is 0 Å². The number of rotatable bonds is 5. The second-order valence-electron chi connectivity index (χ2n) is 4.47. The lowest BCUT2D eigenvalue weighted by molar-refractivity contribution is 0.146. The highest BCUT2D eigenvalue weighted by Gasteiger charge is 2.13. The number of aromatic amines is 1. The quantitative estimate of drug-likeness (QED) is 0.718. The maximum absolute atomic E-state index is 5.70. The molecule has 1 aromatic carbocycles. The van der Waals surface area contributed by atoms with Gasteiger partial charge in [0.25, 0.3) is 0 Å². The molecule has 0 bridgehead atoms. The lowest BCUT2D eigenvalue weighted by Gasteiger charge is -2.09. The number of benzene rings is 1. The Morgan fingerprint density at radius 2 is 2.19 bits per heavy atom. The third-order valence-corrected chi connectivity index (χ3v) is 3.62. The molecule has 0 aliphatic heterocycles. The molecule has 3 aromatic rings. The molecule has 1 N–H and O–H groups in total. The molecule has 0 amide bonds. The SMILES string of the molecule is COCCOc1cncnc1-c1c[nH]c2ccc(Br)cc12. The summed E-state index contributed by atoms with van der Waals surface area (Å²) in [4.78, 5) is 11.6. The van der Waals surface area contributed by atoms with Crippen molar-refractivity contribution in [3.05, 3.63) is 41.4 Å². The maximum atomic E-state index is 5.70. The van der Waals surface area contributed by atoms with E-state index >= 15 is 0 Å². The highest BCUT2D eigenvalue weighted by Crippen LogP contribution is 2.34. The molecule has 108 valence electrons. The minimum Gasteiger partial charge on any atom is -0.487 e. The van der Waals surface area contributed by atoms with Crippen molar-refractivity contribution in [1.82, 2.24) is 15.0 Å². The predicted octanol–water partition coefficient (Wildman–Crippen LogP) is 3.41. The standard InChI is InChI=1S/C15H14BrN3O2/c1-20-4-5-21-14-8-17-9-19-15(14)12-7-18-13-3-2-10(16)6-11(12)13/h2-3,6-9,18H,4-5H2,1H3. The molecule has 21 heavy (non-hydrogen) atoms. The van der Waals surface area contributed by atoms with E-state index in [9.17, 15) is 0 Å². The molecule has 2 aromatic heterocycles. The number of methoxy groups -OCH3 is 1. The van der Waals surface area contributed by atoms with E-state index in [0.717, 1.165) is 26.6 Å². The minimum atomic E-state index is 0.461. The molecule has 0 atom stereocenters. The number of aromatic nitrogens is 3. The van der Waals surface area contributed by atoms with Gasteiger partial charge in [-0.3, -0.25) is 0 Å². The number of ether oxygens (including phenoxy) is 2. The first-order chi connectivity index (χ1) is 10.3. The average Bonchev–Trinajstić information content (AvgIpc) is 2.91. The summed E-state index contributed by atoms with van der Waals surface area (Å²) >= 11 is 3.50. The predicted molar refractivity (Wildman–Crippen MR) is 84.4 cm³/mol. The molecule has 0 saturated carbocycles. The first-order valence-electron chi connectivity index (χ1n) is 6.48. The Morgan fingerprint density at radius 3 is 3.05 bits per heavy atom. The van der Waals surface area contributed by atoms with Crippen LogP contribution in [0.2, 0.25) is 0 Å². The summed E-state index contributed by atoms with van der Waals surface area (Å²) in [6.07, 6.45) is 5.13. The summed E-state index contributed by atoms with van der Waals surface area (Å²) in [6, 6.07) is 6.08. The lowest BCUT2D eigenvalue weighted by atomic mass is 10.1. The van der Waals surface area contributed by atoms with Crippen molar-refractivity contribution in [2.75, 3.05) is 20.3 Å². The van der Waals surface area contributed by atoms with E-state index in [1.807, 2.05) is 18.3 Å². The molecular weight excluding hydrogens is 334 g/mol. The Bertz CT molecular complexity index is 758. The number of nitrogens with one attached hydrogen (secondary N) is 1. The highest BCUT2D eigenvalue weighted by atomic mass is 79.9. The van der Waals surface area contributed by atoms with Gasteiger partial charge in [0, 0.05) is 34.2 Å². The summed E-state index contributed by atoms with van der Waals surface area (Å²) in [6.45, 7) is 0.983. The molecule has 0 aliphatic rings. The van der Waals surface area contributed by atoms with Gasteiger partial charge in [0.2, 0.25) is 0 Å². The average molecular weight is 348 g/mol. The van der Waals surface area contributed by atoms with Gasteiger partial charge < -0.3 is 14.5 Å². The van der Waals surface area contributed by atoms with E-state index in [0.29, 0.717) is 19.0 Å². The maximum Gasteiger partial charge on any atom is 0.164 e. The number of nitrogens with zero attached hydrogens (tertiary/aromatic N) is 2. The topological polar surface area (TPSA) is 60.0 Å². The van der Waals surface area contributed by atoms with Crippen molar-refractivity contribution in [2.45, 2.75) is 0 Å². The van der Waals surface area contributed by atoms with Crippen molar-refractivity contribution in [3.8, 4) is 17.0 Å². The van der Waals surface area contributed by atoms with Gasteiger partial charge in [-0.2, -0.15) is 0 Å². The van der Waals surface area contributed by atoms with Gasteiger partial charge in [-0.25, -0.2) is 9.97 Å². The van der Waals surface area contributed by atoms with Gasteiger partial charge in [0.1, 0.15) is 18.6 Å². The molecule has 6 heteroatoms. The van der Waals surface area contributed by atoms with E-state index < -0.39 is 0 Å². The normalized spacial score (nSPS) is 11.0. The second kappa shape index (κ2) is 6.24. The van der Waals surface area contributed by atoms with E-state index in [2.05, 4.69) is 36.9 Å². The van der Waals surface area contributed by atoms with Crippen LogP contribution in [0.15, 0.2) is 41.4 Å². The van der Waals surface area contributed by atoms with Crippen molar-refractivity contribution in [3.63, 3.8) is 0 Å². The van der Waals surface area contributed by atoms with Crippen LogP contribution in [0.25, 0.3) is 22.2 Å². The third-order valence-electron chi connectivity index (χ3n) is 3.12. The number of halogens is 1. The summed E-state index contributed by atoms with van der Waals surface area (Å²) in [7, 11) is 1.64. The number of hydrogen-bond donors (Lipinski definition) is 1. The first-order valence-corrected chi connectivity index (χ1v) is 7.27. The van der Waals surface area contributed by atoms with Crippen LogP contribution in [0.4, 0.5) is 0 Å². The van der Waals surface area contributed by atoms with Crippen LogP contribution >= 0.6 is 15.9 Å². The number of H-pyrrole nitrogens is 1. The summed E-state index contributed by atoms with van der Waals surface area (Å²) < 4.78 is 11.7. The molecule has 0 radical (unpaired) electrons. The zero-order valence-corrected chi connectivity index (χ0v) is 13.1. The van der Waals surface area contributed by atoms with Gasteiger partial charge in [-0.05, 0) is 18.2 Å². The minimum absolute atomic E-state index is 0.461. The molecule has 0 spiro atoms. The Morgan fingerprint density at radius 1 is 1.29 bits per heavy atom. The zero-order valence-electron chi connectivity index (χ0n) is 11.5. The van der Waals surface area contributed by atoms with Gasteiger partial charge in [-0.1, -0.05) is 15.9 Å². The summed E-state index contributed by atoms with van der Waals surface area (Å²) in [5.74, 6) is 0.649. The summed E-state index contributed by atoms with van der Waals surface area (Å²) in [5, 5.41) is 1.08. The Balaban J connectivity index is 2.04. The van der Waals surface area contributed by atoms with Crippen molar-refractivity contribution < 1.29 is 9.47 Å². The van der Waals surface area contributed by atoms with E-state index in [1.165, 1.54) is 6.33 Å². The van der Waals surface area contributed by atoms with E-state index in [1.54, 1.807) is 13.3 Å². The molecule has 2 heterocycles. The number of hydrogen-bond acceptors (Lipinski definition) is 4. The van der Waals surface area contributed by atoms with Crippen LogP contribution in [-0.2, 0) is 4.74 Å². The smallest absolute Gasteiger partial charge is 0.164 e. The largest absolute Gasteiger partial charge is 0.487 e. The Labute approximate surface area is 130 Å². The van der Waals surface area contributed by atoms with Gasteiger partial charge >= 0.3 is 0 Å². The molecule has 0 saturated heterocycles. The molecule has 0 fully saturated rings. The Hall–Kier alpha value is -1.92. The second-order valence-corrected chi connectivity index (χ2v) is 5.38. The van der Waals surface area contributed by atoms with Crippen LogP contribution in [-0.4, -0.2) is 35.3 Å². The summed E-state index contributed by atoms with van der Waals surface area (Å²) in [5.41, 5.74) is 2.81. The van der Waals surface area contributed by atoms with Crippen LogP contribution in [0.5, 0.6) is 5.75 Å². The zero-order chi connectivity index (χ0) is 14.7. The fraction of sp³-hybridized carbons (Fsp3) is 0.200. The van der Waals surface area contributed by atoms with E-state index in [4.69, 9.17) is 9.47 Å². The Kier molecular flexibility index (Phi) is 4.17. The molecule has 3 rings (SSSR count). The molecule has 0 aliphatic carbocycles. The molecule has 0 unspecified atom stereocenters. The van der Waals surface area contributed by atoms with Crippen molar-refractivity contribution in [1.29, 1.82) is 0 Å². The van der Waals surface area contributed by atoms with Gasteiger partial charge in [0.15, 0.2) is 5.75 Å². The molecular formula is C15H14BrN3O2. The highest BCUT2D eigenvalue weighted by molar-refractivity contribution is 9.10. The first kappa shape index (κ1) is 14.0. The van der Waals surface area contributed by atoms with Crippen molar-refractivity contribution in [2.24, 2.45) is 0 Å².